The van der Waals surface area contributed by atoms with Crippen LogP contribution in [0.3, 0.4) is 0 Å². The molecule has 1 N–H and O–H groups in total. The number of aromatic nitrogens is 1. The van der Waals surface area contributed by atoms with Crippen LogP contribution in [0.25, 0.3) is 10.9 Å². The second-order valence-corrected chi connectivity index (χ2v) is 6.03. The summed E-state index contributed by atoms with van der Waals surface area (Å²) in [7, 11) is 3.08. The minimum Gasteiger partial charge on any atom is -0.497 e. The molecule has 0 saturated heterocycles. The Kier molecular flexibility index (Phi) is 5.45. The summed E-state index contributed by atoms with van der Waals surface area (Å²) >= 11 is 0. The van der Waals surface area contributed by atoms with Gasteiger partial charge in [0.15, 0.2) is 0 Å². The molecule has 0 radical (unpaired) electrons. The number of rotatable bonds is 6. The minimum atomic E-state index is -0.345. The molecule has 3 aromatic rings. The topological polar surface area (TPSA) is 64.9 Å². The number of carbonyl (C=O) groups is 1. The predicted molar refractivity (Wildman–Crippen MR) is 107 cm³/mol. The van der Waals surface area contributed by atoms with Crippen LogP contribution in [0.1, 0.15) is 28.5 Å². The fraction of sp³-hybridized carbons (Fsp3) is 0.238. The average molecular weight is 365 g/mol. The van der Waals surface area contributed by atoms with Gasteiger partial charge >= 0.3 is 0 Å². The van der Waals surface area contributed by atoms with Gasteiger partial charge in [-0.05, 0) is 32.0 Å². The van der Waals surface area contributed by atoms with Crippen LogP contribution in [0.15, 0.2) is 47.6 Å². The highest BCUT2D eigenvalue weighted by atomic mass is 16.5. The summed E-state index contributed by atoms with van der Waals surface area (Å²) in [5.74, 6) is 0.707. The second kappa shape index (κ2) is 7.95. The standard InChI is InChI=1S/C21H23N3O3/c1-5-24-14(2)18(16-8-6-7-9-19(16)24)13-22-23-21(25)17-11-10-15(26-3)12-20(17)27-4/h6-13H,5H2,1-4H3,(H,23,25). The van der Waals surface area contributed by atoms with Crippen molar-refractivity contribution in [3.05, 3.63) is 59.3 Å². The lowest BCUT2D eigenvalue weighted by Crippen LogP contribution is -2.18. The van der Waals surface area contributed by atoms with Crippen LogP contribution < -0.4 is 14.9 Å². The molecule has 0 atom stereocenters. The Hall–Kier alpha value is -3.28. The molecule has 6 nitrogen and oxygen atoms in total. The normalized spacial score (nSPS) is 11.1. The van der Waals surface area contributed by atoms with Crippen molar-refractivity contribution in [2.24, 2.45) is 5.10 Å². The van der Waals surface area contributed by atoms with Gasteiger partial charge in [0, 0.05) is 34.8 Å². The van der Waals surface area contributed by atoms with Crippen molar-refractivity contribution in [1.82, 2.24) is 9.99 Å². The number of methoxy groups -OCH3 is 2. The number of nitrogens with zero attached hydrogens (tertiary/aromatic N) is 2. The molecule has 6 heteroatoms. The van der Waals surface area contributed by atoms with Crippen molar-refractivity contribution >= 4 is 23.0 Å². The van der Waals surface area contributed by atoms with Gasteiger partial charge in [0.25, 0.3) is 5.91 Å². The number of ether oxygens (including phenoxy) is 2. The second-order valence-electron chi connectivity index (χ2n) is 6.03. The fourth-order valence-corrected chi connectivity index (χ4v) is 3.23. The number of benzene rings is 2. The quantitative estimate of drug-likeness (QED) is 0.534. The summed E-state index contributed by atoms with van der Waals surface area (Å²) in [6.07, 6.45) is 1.69. The maximum atomic E-state index is 12.5. The lowest BCUT2D eigenvalue weighted by molar-refractivity contribution is 0.0952. The summed E-state index contributed by atoms with van der Waals surface area (Å²) in [6.45, 7) is 5.03. The first-order chi connectivity index (χ1) is 13.1. The molecule has 0 spiro atoms. The SMILES string of the molecule is CCn1c(C)c(C=NNC(=O)c2ccc(OC)cc2OC)c2ccccc21. The van der Waals surface area contributed by atoms with Crippen molar-refractivity contribution in [3.8, 4) is 11.5 Å². The largest absolute Gasteiger partial charge is 0.497 e. The molecule has 140 valence electrons. The molecule has 3 rings (SSSR count). The molecule has 0 bridgehead atoms. The number of hydrogen-bond acceptors (Lipinski definition) is 4. The van der Waals surface area contributed by atoms with Crippen molar-refractivity contribution in [2.45, 2.75) is 20.4 Å². The molecule has 0 aliphatic rings. The highest BCUT2D eigenvalue weighted by Gasteiger charge is 2.14. The Morgan fingerprint density at radius 1 is 1.19 bits per heavy atom. The maximum Gasteiger partial charge on any atom is 0.275 e. The lowest BCUT2D eigenvalue weighted by atomic mass is 10.1. The van der Waals surface area contributed by atoms with Gasteiger partial charge in [-0.2, -0.15) is 5.10 Å². The number of para-hydroxylation sites is 1. The summed E-state index contributed by atoms with van der Waals surface area (Å²) < 4.78 is 12.7. The lowest BCUT2D eigenvalue weighted by Gasteiger charge is -2.08. The van der Waals surface area contributed by atoms with Crippen LogP contribution in [0.2, 0.25) is 0 Å². The van der Waals surface area contributed by atoms with Gasteiger partial charge in [-0.25, -0.2) is 5.43 Å². The van der Waals surface area contributed by atoms with E-state index in [1.807, 2.05) is 12.1 Å². The zero-order valence-corrected chi connectivity index (χ0v) is 15.9. The van der Waals surface area contributed by atoms with E-state index in [-0.39, 0.29) is 5.91 Å². The number of aryl methyl sites for hydroxylation is 1. The first kappa shape index (κ1) is 18.5. The molecular weight excluding hydrogens is 342 g/mol. The third kappa shape index (κ3) is 3.51. The molecule has 0 aliphatic carbocycles. The van der Waals surface area contributed by atoms with Crippen LogP contribution in [0.5, 0.6) is 11.5 Å². The van der Waals surface area contributed by atoms with E-state index in [0.717, 1.165) is 28.7 Å². The third-order valence-electron chi connectivity index (χ3n) is 4.61. The van der Waals surface area contributed by atoms with E-state index in [9.17, 15) is 4.79 Å². The molecule has 2 aromatic carbocycles. The van der Waals surface area contributed by atoms with Crippen LogP contribution in [-0.4, -0.2) is 30.9 Å². The van der Waals surface area contributed by atoms with Gasteiger partial charge in [-0.1, -0.05) is 18.2 Å². The van der Waals surface area contributed by atoms with Crippen molar-refractivity contribution < 1.29 is 14.3 Å². The van der Waals surface area contributed by atoms with Crippen LogP contribution in [0, 0.1) is 6.92 Å². The Bertz CT molecular complexity index is 1010. The minimum absolute atomic E-state index is 0.345. The van der Waals surface area contributed by atoms with Crippen LogP contribution in [-0.2, 0) is 6.54 Å². The van der Waals surface area contributed by atoms with Crippen molar-refractivity contribution in [2.75, 3.05) is 14.2 Å². The molecule has 1 aromatic heterocycles. The zero-order valence-electron chi connectivity index (χ0n) is 15.9. The van der Waals surface area contributed by atoms with Crippen LogP contribution in [0.4, 0.5) is 0 Å². The van der Waals surface area contributed by atoms with E-state index in [1.165, 1.54) is 7.11 Å². The predicted octanol–water partition coefficient (Wildman–Crippen LogP) is 3.75. The Labute approximate surface area is 158 Å². The Morgan fingerprint density at radius 2 is 1.96 bits per heavy atom. The first-order valence-electron chi connectivity index (χ1n) is 8.74. The fourth-order valence-electron chi connectivity index (χ4n) is 3.23. The van der Waals surface area contributed by atoms with Crippen molar-refractivity contribution in [1.29, 1.82) is 0 Å². The number of fused-ring (bicyclic) bond motifs is 1. The molecule has 0 aliphatic heterocycles. The van der Waals surface area contributed by atoms with Crippen molar-refractivity contribution in [3.63, 3.8) is 0 Å². The maximum absolute atomic E-state index is 12.5. The number of amides is 1. The summed E-state index contributed by atoms with van der Waals surface area (Å²) in [4.78, 5) is 12.5. The number of hydrazone groups is 1. The molecule has 0 unspecified atom stereocenters. The summed E-state index contributed by atoms with van der Waals surface area (Å²) in [6, 6.07) is 13.2. The monoisotopic (exact) mass is 365 g/mol. The van der Waals surface area contributed by atoms with Crippen LogP contribution >= 0.6 is 0 Å². The molecule has 27 heavy (non-hydrogen) atoms. The highest BCUT2D eigenvalue weighted by molar-refractivity contribution is 6.02. The van der Waals surface area contributed by atoms with E-state index in [4.69, 9.17) is 9.47 Å². The number of carbonyl (C=O) groups excluding carboxylic acids is 1. The molecule has 1 amide bonds. The molecule has 0 fully saturated rings. The van der Waals surface area contributed by atoms with Gasteiger partial charge in [0.05, 0.1) is 26.0 Å². The van der Waals surface area contributed by atoms with E-state index in [0.29, 0.717) is 17.1 Å². The summed E-state index contributed by atoms with van der Waals surface area (Å²) in [5.41, 5.74) is 6.23. The smallest absolute Gasteiger partial charge is 0.275 e. The highest BCUT2D eigenvalue weighted by Crippen LogP contribution is 2.25. The van der Waals surface area contributed by atoms with E-state index >= 15 is 0 Å². The van der Waals surface area contributed by atoms with E-state index < -0.39 is 0 Å². The number of nitrogens with one attached hydrogen (secondary N) is 1. The van der Waals surface area contributed by atoms with Gasteiger partial charge in [-0.3, -0.25) is 4.79 Å². The van der Waals surface area contributed by atoms with Gasteiger partial charge in [0.2, 0.25) is 0 Å². The van der Waals surface area contributed by atoms with E-state index in [2.05, 4.69) is 41.1 Å². The Morgan fingerprint density at radius 3 is 2.67 bits per heavy atom. The Balaban J connectivity index is 1.85. The van der Waals surface area contributed by atoms with Gasteiger partial charge in [-0.15, -0.1) is 0 Å². The molecule has 0 saturated carbocycles. The average Bonchev–Trinajstić information content (AvgIpc) is 2.98. The van der Waals surface area contributed by atoms with E-state index in [1.54, 1.807) is 31.5 Å². The van der Waals surface area contributed by atoms with Gasteiger partial charge in [0.1, 0.15) is 11.5 Å². The first-order valence-corrected chi connectivity index (χ1v) is 8.74. The summed E-state index contributed by atoms with van der Waals surface area (Å²) in [5, 5.41) is 5.28. The molecule has 1 heterocycles. The molecular formula is C21H23N3O3. The number of hydrogen-bond donors (Lipinski definition) is 1. The van der Waals surface area contributed by atoms with Gasteiger partial charge < -0.3 is 14.0 Å². The zero-order chi connectivity index (χ0) is 19.4. The third-order valence-corrected chi connectivity index (χ3v) is 4.61.